The van der Waals surface area contributed by atoms with Gasteiger partial charge in [-0.25, -0.2) is 0 Å². The molecule has 2 nitrogen and oxygen atoms in total. The van der Waals surface area contributed by atoms with E-state index in [0.29, 0.717) is 0 Å². The molecule has 0 amide bonds. The Bertz CT molecular complexity index is 323. The third kappa shape index (κ3) is 2.13. The molecule has 0 bridgehead atoms. The van der Waals surface area contributed by atoms with Gasteiger partial charge in [0.2, 0.25) is 0 Å². The molecular formula is C12H18N2. The molecule has 1 rings (SSSR count). The summed E-state index contributed by atoms with van der Waals surface area (Å²) in [6, 6.07) is 7.94. The first-order valence-electron chi connectivity index (χ1n) is 4.92. The highest BCUT2D eigenvalue weighted by Gasteiger charge is 2.17. The summed E-state index contributed by atoms with van der Waals surface area (Å²) >= 11 is 0. The molecular weight excluding hydrogens is 172 g/mol. The van der Waals surface area contributed by atoms with Crippen LogP contribution in [0, 0.1) is 5.41 Å². The van der Waals surface area contributed by atoms with Crippen molar-refractivity contribution >= 4 is 5.84 Å². The first-order chi connectivity index (χ1) is 6.47. The molecule has 0 fully saturated rings. The highest BCUT2D eigenvalue weighted by Crippen LogP contribution is 2.26. The van der Waals surface area contributed by atoms with E-state index in [1.54, 1.807) is 0 Å². The van der Waals surface area contributed by atoms with Crippen molar-refractivity contribution in [1.29, 1.82) is 5.41 Å². The molecule has 0 heterocycles. The summed E-state index contributed by atoms with van der Waals surface area (Å²) in [7, 11) is 0. The van der Waals surface area contributed by atoms with Gasteiger partial charge in [-0.15, -0.1) is 0 Å². The number of benzene rings is 1. The minimum Gasteiger partial charge on any atom is -0.384 e. The van der Waals surface area contributed by atoms with Crippen LogP contribution in [-0.2, 0) is 5.41 Å². The summed E-state index contributed by atoms with van der Waals surface area (Å²) in [5.41, 5.74) is 7.68. The van der Waals surface area contributed by atoms with Gasteiger partial charge in [0.1, 0.15) is 5.84 Å². The van der Waals surface area contributed by atoms with Crippen LogP contribution >= 0.6 is 0 Å². The van der Waals surface area contributed by atoms with Gasteiger partial charge < -0.3 is 5.73 Å². The Balaban J connectivity index is 2.99. The molecule has 0 spiro atoms. The van der Waals surface area contributed by atoms with E-state index in [1.807, 2.05) is 12.1 Å². The van der Waals surface area contributed by atoms with Crippen molar-refractivity contribution in [2.45, 2.75) is 32.6 Å². The zero-order chi connectivity index (χ0) is 10.8. The van der Waals surface area contributed by atoms with Crippen LogP contribution in [0.4, 0.5) is 0 Å². The van der Waals surface area contributed by atoms with Crippen LogP contribution in [0.1, 0.15) is 38.3 Å². The second-order valence-corrected chi connectivity index (χ2v) is 4.23. The number of hydrogen-bond donors (Lipinski definition) is 2. The molecule has 0 aromatic heterocycles. The maximum Gasteiger partial charge on any atom is 0.122 e. The van der Waals surface area contributed by atoms with Gasteiger partial charge in [-0.1, -0.05) is 45.0 Å². The lowest BCUT2D eigenvalue weighted by Crippen LogP contribution is -2.16. The predicted molar refractivity (Wildman–Crippen MR) is 60.8 cm³/mol. The minimum absolute atomic E-state index is 0.130. The number of nitrogens with one attached hydrogen (secondary N) is 1. The number of rotatable bonds is 3. The molecule has 0 radical (unpaired) electrons. The Morgan fingerprint density at radius 1 is 1.29 bits per heavy atom. The minimum atomic E-state index is 0.130. The van der Waals surface area contributed by atoms with Crippen molar-refractivity contribution in [2.24, 2.45) is 5.73 Å². The van der Waals surface area contributed by atoms with Gasteiger partial charge in [-0.2, -0.15) is 0 Å². The zero-order valence-corrected chi connectivity index (χ0v) is 9.09. The normalized spacial score (nSPS) is 11.4. The molecule has 0 unspecified atom stereocenters. The van der Waals surface area contributed by atoms with Crippen LogP contribution in [0.15, 0.2) is 24.3 Å². The monoisotopic (exact) mass is 190 g/mol. The first-order valence-corrected chi connectivity index (χ1v) is 4.92. The van der Waals surface area contributed by atoms with E-state index in [1.165, 1.54) is 5.56 Å². The highest BCUT2D eigenvalue weighted by atomic mass is 14.7. The van der Waals surface area contributed by atoms with Gasteiger partial charge in [0, 0.05) is 5.56 Å². The standard InChI is InChI=1S/C12H18N2/c1-4-12(2,3)10-7-5-9(6-8-10)11(13)14/h5-8H,4H2,1-3H3,(H3,13,14). The van der Waals surface area contributed by atoms with Crippen molar-refractivity contribution in [1.82, 2.24) is 0 Å². The van der Waals surface area contributed by atoms with Crippen molar-refractivity contribution in [3.8, 4) is 0 Å². The molecule has 3 N–H and O–H groups in total. The molecule has 0 aliphatic carbocycles. The van der Waals surface area contributed by atoms with Gasteiger partial charge in [0.25, 0.3) is 0 Å². The first kappa shape index (κ1) is 10.8. The lowest BCUT2D eigenvalue weighted by molar-refractivity contribution is 0.506. The third-order valence-corrected chi connectivity index (χ3v) is 2.86. The van der Waals surface area contributed by atoms with Crippen LogP contribution in [0.25, 0.3) is 0 Å². The zero-order valence-electron chi connectivity index (χ0n) is 9.09. The van der Waals surface area contributed by atoms with Crippen LogP contribution < -0.4 is 5.73 Å². The molecule has 0 saturated carbocycles. The van der Waals surface area contributed by atoms with Crippen LogP contribution in [-0.4, -0.2) is 5.84 Å². The van der Waals surface area contributed by atoms with Gasteiger partial charge in [0.05, 0.1) is 0 Å². The van der Waals surface area contributed by atoms with Gasteiger partial charge in [-0.3, -0.25) is 5.41 Å². The SMILES string of the molecule is CCC(C)(C)c1ccc(C(=N)N)cc1. The summed E-state index contributed by atoms with van der Waals surface area (Å²) < 4.78 is 0. The molecule has 14 heavy (non-hydrogen) atoms. The van der Waals surface area contributed by atoms with Crippen molar-refractivity contribution in [3.63, 3.8) is 0 Å². The molecule has 0 atom stereocenters. The molecule has 1 aromatic carbocycles. The average molecular weight is 190 g/mol. The van der Waals surface area contributed by atoms with E-state index in [9.17, 15) is 0 Å². The van der Waals surface area contributed by atoms with E-state index in [-0.39, 0.29) is 11.3 Å². The third-order valence-electron chi connectivity index (χ3n) is 2.86. The number of amidine groups is 1. The Hall–Kier alpha value is -1.31. The quantitative estimate of drug-likeness (QED) is 0.558. The number of nitrogens with two attached hydrogens (primary N) is 1. The van der Waals surface area contributed by atoms with Gasteiger partial charge in [0.15, 0.2) is 0 Å². The largest absolute Gasteiger partial charge is 0.384 e. The topological polar surface area (TPSA) is 49.9 Å². The second-order valence-electron chi connectivity index (χ2n) is 4.23. The van der Waals surface area contributed by atoms with Crippen LogP contribution in [0.2, 0.25) is 0 Å². The molecule has 76 valence electrons. The number of hydrogen-bond acceptors (Lipinski definition) is 1. The Labute approximate surface area is 85.6 Å². The highest BCUT2D eigenvalue weighted by molar-refractivity contribution is 5.94. The maximum absolute atomic E-state index is 7.28. The predicted octanol–water partition coefficient (Wildman–Crippen LogP) is 2.66. The van der Waals surface area contributed by atoms with E-state index in [4.69, 9.17) is 11.1 Å². The molecule has 0 saturated heterocycles. The fourth-order valence-electron chi connectivity index (χ4n) is 1.31. The lowest BCUT2D eigenvalue weighted by Gasteiger charge is -2.23. The van der Waals surface area contributed by atoms with Crippen LogP contribution in [0.5, 0.6) is 0 Å². The van der Waals surface area contributed by atoms with Crippen molar-refractivity contribution in [2.75, 3.05) is 0 Å². The van der Waals surface area contributed by atoms with Gasteiger partial charge >= 0.3 is 0 Å². The molecule has 2 heteroatoms. The smallest absolute Gasteiger partial charge is 0.122 e. The van der Waals surface area contributed by atoms with Crippen molar-refractivity contribution < 1.29 is 0 Å². The summed E-state index contributed by atoms with van der Waals surface area (Å²) in [6.07, 6.45) is 1.10. The Kier molecular flexibility index (Phi) is 2.94. The maximum atomic E-state index is 7.28. The summed E-state index contributed by atoms with van der Waals surface area (Å²) in [6.45, 7) is 6.62. The van der Waals surface area contributed by atoms with E-state index < -0.39 is 0 Å². The molecule has 1 aromatic rings. The Morgan fingerprint density at radius 2 is 1.79 bits per heavy atom. The average Bonchev–Trinajstić information content (AvgIpc) is 2.18. The fraction of sp³-hybridized carbons (Fsp3) is 0.417. The summed E-state index contributed by atoms with van der Waals surface area (Å²) in [4.78, 5) is 0. The van der Waals surface area contributed by atoms with E-state index in [2.05, 4.69) is 32.9 Å². The number of nitrogen functional groups attached to an aromatic ring is 1. The van der Waals surface area contributed by atoms with Crippen LogP contribution in [0.3, 0.4) is 0 Å². The molecule has 0 aliphatic heterocycles. The lowest BCUT2D eigenvalue weighted by atomic mass is 9.82. The van der Waals surface area contributed by atoms with E-state index in [0.717, 1.165) is 12.0 Å². The summed E-state index contributed by atoms with van der Waals surface area (Å²) in [5.74, 6) is 0.130. The Morgan fingerprint density at radius 3 is 2.14 bits per heavy atom. The fourth-order valence-corrected chi connectivity index (χ4v) is 1.31. The summed E-state index contributed by atoms with van der Waals surface area (Å²) in [5, 5.41) is 7.28. The molecule has 0 aliphatic rings. The van der Waals surface area contributed by atoms with Crippen molar-refractivity contribution in [3.05, 3.63) is 35.4 Å². The van der Waals surface area contributed by atoms with Gasteiger partial charge in [-0.05, 0) is 17.4 Å². The van der Waals surface area contributed by atoms with E-state index >= 15 is 0 Å². The second kappa shape index (κ2) is 3.82.